The maximum atomic E-state index is 14.4. The van der Waals surface area contributed by atoms with E-state index in [1.165, 1.54) is 32.9 Å². The highest BCUT2D eigenvalue weighted by Crippen LogP contribution is 2.22. The van der Waals surface area contributed by atoms with Gasteiger partial charge in [0.05, 0.1) is 28.6 Å². The Morgan fingerprint density at radius 2 is 1.58 bits per heavy atom. The number of halogens is 1. The monoisotopic (exact) mass is 499 g/mol. The molecule has 0 atom stereocenters. The first kappa shape index (κ1) is 25.2. The zero-order chi connectivity index (χ0) is 24.2. The predicted molar refractivity (Wildman–Crippen MR) is 120 cm³/mol. The third-order valence-electron chi connectivity index (χ3n) is 5.25. The summed E-state index contributed by atoms with van der Waals surface area (Å²) in [6.45, 7) is 4.96. The van der Waals surface area contributed by atoms with Gasteiger partial charge in [0.15, 0.2) is 0 Å². The molecule has 180 valence electrons. The molecule has 1 fully saturated rings. The van der Waals surface area contributed by atoms with E-state index in [2.05, 4.69) is 5.32 Å². The van der Waals surface area contributed by atoms with Gasteiger partial charge in [0.1, 0.15) is 5.82 Å². The van der Waals surface area contributed by atoms with Crippen LogP contribution in [0.5, 0.6) is 0 Å². The molecule has 12 heteroatoms. The van der Waals surface area contributed by atoms with Crippen molar-refractivity contribution in [2.24, 2.45) is 0 Å². The molecule has 0 aromatic heterocycles. The highest BCUT2D eigenvalue weighted by Gasteiger charge is 2.28. The summed E-state index contributed by atoms with van der Waals surface area (Å²) >= 11 is 0. The molecule has 1 heterocycles. The number of nitrogens with one attached hydrogen (secondary N) is 1. The van der Waals surface area contributed by atoms with Gasteiger partial charge in [-0.25, -0.2) is 21.2 Å². The average Bonchev–Trinajstić information content (AvgIpc) is 2.80. The number of nitrogens with zero attached hydrogens (tertiary/aromatic N) is 2. The molecule has 3 rings (SSSR count). The van der Waals surface area contributed by atoms with Crippen molar-refractivity contribution >= 4 is 31.6 Å². The van der Waals surface area contributed by atoms with Crippen LogP contribution < -0.4 is 5.32 Å². The molecule has 2 aromatic rings. The maximum Gasteiger partial charge on any atom is 0.258 e. The third-order valence-corrected chi connectivity index (χ3v) is 9.20. The van der Waals surface area contributed by atoms with Crippen LogP contribution in [0, 0.1) is 5.82 Å². The molecule has 1 amide bonds. The van der Waals surface area contributed by atoms with E-state index >= 15 is 0 Å². The minimum atomic E-state index is -3.91. The average molecular weight is 500 g/mol. The number of hydrogen-bond acceptors (Lipinski definition) is 6. The molecular weight excluding hydrogens is 473 g/mol. The van der Waals surface area contributed by atoms with Crippen LogP contribution in [-0.2, 0) is 24.8 Å². The Morgan fingerprint density at radius 3 is 2.15 bits per heavy atom. The molecule has 0 radical (unpaired) electrons. The summed E-state index contributed by atoms with van der Waals surface area (Å²) in [6.07, 6.45) is 0. The molecule has 0 saturated carbocycles. The summed E-state index contributed by atoms with van der Waals surface area (Å²) in [5.41, 5.74) is -0.205. The van der Waals surface area contributed by atoms with E-state index in [9.17, 15) is 26.0 Å². The minimum absolute atomic E-state index is 0.0639. The molecule has 9 nitrogen and oxygen atoms in total. The van der Waals surface area contributed by atoms with Gasteiger partial charge < -0.3 is 10.1 Å². The Kier molecular flexibility index (Phi) is 7.85. The highest BCUT2D eigenvalue weighted by molar-refractivity contribution is 7.89. The first-order valence-electron chi connectivity index (χ1n) is 10.4. The number of morpholine rings is 1. The van der Waals surface area contributed by atoms with Gasteiger partial charge in [-0.2, -0.15) is 8.61 Å². The molecule has 1 saturated heterocycles. The molecule has 0 aliphatic carbocycles. The molecule has 0 unspecified atom stereocenters. The SMILES string of the molecule is CCN(CC)S(=O)(=O)c1ccc(NC(=O)c2cc(S(=O)(=O)N3CCOCC3)ccc2F)cc1. The van der Waals surface area contributed by atoms with Crippen molar-refractivity contribution < 1.29 is 30.8 Å². The molecule has 0 spiro atoms. The van der Waals surface area contributed by atoms with Gasteiger partial charge in [-0.15, -0.1) is 0 Å². The van der Waals surface area contributed by atoms with E-state index in [4.69, 9.17) is 4.74 Å². The summed E-state index contributed by atoms with van der Waals surface area (Å²) < 4.78 is 72.9. The van der Waals surface area contributed by atoms with Crippen molar-refractivity contribution in [3.63, 3.8) is 0 Å². The van der Waals surface area contributed by atoms with Crippen LogP contribution in [0.4, 0.5) is 10.1 Å². The Bertz CT molecular complexity index is 1210. The smallest absolute Gasteiger partial charge is 0.258 e. The zero-order valence-corrected chi connectivity index (χ0v) is 20.0. The number of hydrogen-bond donors (Lipinski definition) is 1. The van der Waals surface area contributed by atoms with Gasteiger partial charge in [-0.3, -0.25) is 4.79 Å². The lowest BCUT2D eigenvalue weighted by atomic mass is 10.2. The van der Waals surface area contributed by atoms with E-state index in [1.54, 1.807) is 13.8 Å². The van der Waals surface area contributed by atoms with E-state index < -0.39 is 37.3 Å². The highest BCUT2D eigenvalue weighted by atomic mass is 32.2. The number of sulfonamides is 2. The Morgan fingerprint density at radius 1 is 1.00 bits per heavy atom. The summed E-state index contributed by atoms with van der Waals surface area (Å²) in [5, 5.41) is 2.48. The van der Waals surface area contributed by atoms with Crippen LogP contribution in [0.1, 0.15) is 24.2 Å². The summed E-state index contributed by atoms with van der Waals surface area (Å²) in [6, 6.07) is 8.51. The van der Waals surface area contributed by atoms with Crippen LogP contribution in [-0.4, -0.2) is 70.7 Å². The van der Waals surface area contributed by atoms with E-state index in [0.717, 1.165) is 18.2 Å². The van der Waals surface area contributed by atoms with Crippen LogP contribution in [0.15, 0.2) is 52.3 Å². The number of ether oxygens (including phenoxy) is 1. The van der Waals surface area contributed by atoms with Crippen molar-refractivity contribution in [3.05, 3.63) is 53.8 Å². The van der Waals surface area contributed by atoms with E-state index in [1.807, 2.05) is 0 Å². The number of carbonyl (C=O) groups is 1. The molecule has 2 aromatic carbocycles. The van der Waals surface area contributed by atoms with Crippen LogP contribution >= 0.6 is 0 Å². The fourth-order valence-electron chi connectivity index (χ4n) is 3.40. The third kappa shape index (κ3) is 5.41. The van der Waals surface area contributed by atoms with Crippen LogP contribution in [0.25, 0.3) is 0 Å². The summed E-state index contributed by atoms with van der Waals surface area (Å²) in [4.78, 5) is 12.5. The fraction of sp³-hybridized carbons (Fsp3) is 0.381. The van der Waals surface area contributed by atoms with E-state index in [-0.39, 0.29) is 41.8 Å². The Hall–Kier alpha value is -2.38. The quantitative estimate of drug-likeness (QED) is 0.595. The first-order valence-corrected chi connectivity index (χ1v) is 13.3. The van der Waals surface area contributed by atoms with Gasteiger partial charge >= 0.3 is 0 Å². The number of carbonyl (C=O) groups excluding carboxylic acids is 1. The van der Waals surface area contributed by atoms with Crippen LogP contribution in [0.2, 0.25) is 0 Å². The van der Waals surface area contributed by atoms with Crippen molar-refractivity contribution in [2.45, 2.75) is 23.6 Å². The largest absolute Gasteiger partial charge is 0.379 e. The van der Waals surface area contributed by atoms with Crippen molar-refractivity contribution in [3.8, 4) is 0 Å². The van der Waals surface area contributed by atoms with Crippen molar-refractivity contribution in [2.75, 3.05) is 44.7 Å². The summed E-state index contributed by atoms with van der Waals surface area (Å²) in [7, 11) is -7.57. The van der Waals surface area contributed by atoms with Crippen LogP contribution in [0.3, 0.4) is 0 Å². The Balaban J connectivity index is 1.81. The van der Waals surface area contributed by atoms with Gasteiger partial charge in [-0.1, -0.05) is 13.8 Å². The number of anilines is 1. The van der Waals surface area contributed by atoms with Crippen molar-refractivity contribution in [1.29, 1.82) is 0 Å². The number of rotatable bonds is 8. The minimum Gasteiger partial charge on any atom is -0.379 e. The summed E-state index contributed by atoms with van der Waals surface area (Å²) in [5.74, 6) is -1.74. The molecule has 1 N–H and O–H groups in total. The second-order valence-electron chi connectivity index (χ2n) is 7.23. The van der Waals surface area contributed by atoms with Crippen molar-refractivity contribution in [1.82, 2.24) is 8.61 Å². The van der Waals surface area contributed by atoms with Gasteiger partial charge in [0.25, 0.3) is 5.91 Å². The van der Waals surface area contributed by atoms with Gasteiger partial charge in [0, 0.05) is 31.9 Å². The van der Waals surface area contributed by atoms with Gasteiger partial charge in [-0.05, 0) is 42.5 Å². The fourth-order valence-corrected chi connectivity index (χ4v) is 6.29. The lowest BCUT2D eigenvalue weighted by Gasteiger charge is -2.26. The van der Waals surface area contributed by atoms with E-state index in [0.29, 0.717) is 13.1 Å². The number of benzene rings is 2. The molecular formula is C21H26FN3O6S2. The predicted octanol–water partition coefficient (Wildman–Crippen LogP) is 2.13. The first-order chi connectivity index (χ1) is 15.6. The Labute approximate surface area is 193 Å². The topological polar surface area (TPSA) is 113 Å². The lowest BCUT2D eigenvalue weighted by molar-refractivity contribution is 0.0730. The molecule has 33 heavy (non-hydrogen) atoms. The normalized spacial score (nSPS) is 15.5. The van der Waals surface area contributed by atoms with Gasteiger partial charge in [0.2, 0.25) is 20.0 Å². The number of amides is 1. The molecule has 1 aliphatic rings. The second-order valence-corrected chi connectivity index (χ2v) is 11.1. The zero-order valence-electron chi connectivity index (χ0n) is 18.3. The molecule has 1 aliphatic heterocycles. The molecule has 0 bridgehead atoms. The second kappa shape index (κ2) is 10.3. The maximum absolute atomic E-state index is 14.4. The lowest BCUT2D eigenvalue weighted by Crippen LogP contribution is -2.40. The standard InChI is InChI=1S/C21H26FN3O6S2/c1-3-24(4-2)32(27,28)17-7-5-16(6-8-17)23-21(26)19-15-18(9-10-20(19)22)33(29,30)25-11-13-31-14-12-25/h5-10,15H,3-4,11-14H2,1-2H3,(H,23,26).